The van der Waals surface area contributed by atoms with E-state index in [0.29, 0.717) is 37.7 Å². The maximum Gasteiger partial charge on any atom is 0.320 e. The summed E-state index contributed by atoms with van der Waals surface area (Å²) in [6, 6.07) is 7.84. The first-order valence-corrected chi connectivity index (χ1v) is 8.85. The molecule has 0 aliphatic heterocycles. The van der Waals surface area contributed by atoms with E-state index in [1.807, 2.05) is 0 Å². The lowest BCUT2D eigenvalue weighted by atomic mass is 10.1. The van der Waals surface area contributed by atoms with Crippen molar-refractivity contribution in [1.29, 1.82) is 0 Å². The molecule has 0 amide bonds. The van der Waals surface area contributed by atoms with Crippen molar-refractivity contribution in [2.75, 3.05) is 7.11 Å². The molecule has 2 aromatic rings. The van der Waals surface area contributed by atoms with Crippen molar-refractivity contribution in [2.24, 2.45) is 0 Å². The molecule has 0 radical (unpaired) electrons. The average Bonchev–Trinajstić information content (AvgIpc) is 2.60. The van der Waals surface area contributed by atoms with Crippen LogP contribution >= 0.6 is 34.8 Å². The number of hydrogen-bond acceptors (Lipinski definition) is 4. The summed E-state index contributed by atoms with van der Waals surface area (Å²) in [6.07, 6.45) is 0. The number of ether oxygens (including phenoxy) is 2. The van der Waals surface area contributed by atoms with Crippen molar-refractivity contribution in [1.82, 2.24) is 5.32 Å². The molecule has 0 saturated carbocycles. The second kappa shape index (κ2) is 9.33. The Kier molecular flexibility index (Phi) is 7.41. The van der Waals surface area contributed by atoms with Gasteiger partial charge in [-0.05, 0) is 30.7 Å². The molecule has 1 unspecified atom stereocenters. The molecule has 1 atom stereocenters. The van der Waals surface area contributed by atoms with Crippen molar-refractivity contribution in [2.45, 2.75) is 26.1 Å². The van der Waals surface area contributed by atoms with Crippen LogP contribution in [-0.2, 0) is 17.9 Å². The van der Waals surface area contributed by atoms with Crippen molar-refractivity contribution >= 4 is 40.8 Å². The molecule has 5 nitrogen and oxygen atoms in total. The van der Waals surface area contributed by atoms with E-state index in [4.69, 9.17) is 49.4 Å². The minimum atomic E-state index is -0.940. The molecule has 0 aliphatic carbocycles. The Hall–Kier alpha value is -1.66. The quantitative estimate of drug-likeness (QED) is 0.645. The summed E-state index contributed by atoms with van der Waals surface area (Å²) in [7, 11) is 1.51. The van der Waals surface area contributed by atoms with Gasteiger partial charge < -0.3 is 19.9 Å². The molecular formula is C18H18Cl3NO4. The molecule has 2 rings (SSSR count). The van der Waals surface area contributed by atoms with Gasteiger partial charge in [0.25, 0.3) is 0 Å². The zero-order valence-corrected chi connectivity index (χ0v) is 16.5. The van der Waals surface area contributed by atoms with Gasteiger partial charge in [0.05, 0.1) is 7.11 Å². The van der Waals surface area contributed by atoms with Crippen LogP contribution in [0, 0.1) is 0 Å². The van der Waals surface area contributed by atoms with Crippen molar-refractivity contribution < 1.29 is 19.4 Å². The van der Waals surface area contributed by atoms with Crippen LogP contribution in [0.3, 0.4) is 0 Å². The van der Waals surface area contributed by atoms with Crippen LogP contribution in [0.5, 0.6) is 11.5 Å². The third-order valence-electron chi connectivity index (χ3n) is 3.74. The third-order valence-corrected chi connectivity index (χ3v) is 4.80. The molecule has 0 aliphatic rings. The van der Waals surface area contributed by atoms with Gasteiger partial charge in [0.1, 0.15) is 12.6 Å². The average molecular weight is 419 g/mol. The van der Waals surface area contributed by atoms with Gasteiger partial charge >= 0.3 is 5.97 Å². The fourth-order valence-corrected chi connectivity index (χ4v) is 2.88. The van der Waals surface area contributed by atoms with Gasteiger partial charge in [-0.25, -0.2) is 0 Å². The fraction of sp³-hybridized carbons (Fsp3) is 0.278. The highest BCUT2D eigenvalue weighted by atomic mass is 35.5. The predicted octanol–water partition coefficient (Wildman–Crippen LogP) is 4.80. The van der Waals surface area contributed by atoms with Crippen LogP contribution in [0.25, 0.3) is 0 Å². The van der Waals surface area contributed by atoms with Gasteiger partial charge in [-0.15, -0.1) is 0 Å². The zero-order valence-electron chi connectivity index (χ0n) is 14.2. The smallest absolute Gasteiger partial charge is 0.320 e. The maximum absolute atomic E-state index is 10.9. The number of nitrogens with one attached hydrogen (secondary N) is 1. The highest BCUT2D eigenvalue weighted by molar-refractivity contribution is 6.36. The van der Waals surface area contributed by atoms with E-state index in [1.165, 1.54) is 7.11 Å². The van der Waals surface area contributed by atoms with E-state index in [9.17, 15) is 4.79 Å². The molecule has 2 aromatic carbocycles. The molecule has 26 heavy (non-hydrogen) atoms. The molecule has 0 aromatic heterocycles. The van der Waals surface area contributed by atoms with Gasteiger partial charge in [-0.1, -0.05) is 40.9 Å². The molecule has 0 bridgehead atoms. The Balaban J connectivity index is 2.17. The standard InChI is InChI=1S/C18H18Cl3NO4/c1-10(18(23)24)22-8-11-6-16(25-2)17(7-15(11)21)26-9-12-13(19)4-3-5-14(12)20/h3-7,10,22H,8-9H2,1-2H3,(H,23,24). The van der Waals surface area contributed by atoms with Crippen LogP contribution in [-0.4, -0.2) is 24.2 Å². The monoisotopic (exact) mass is 417 g/mol. The number of aliphatic carboxylic acids is 1. The first-order valence-electron chi connectivity index (χ1n) is 7.71. The normalized spacial score (nSPS) is 11.9. The van der Waals surface area contributed by atoms with Crippen molar-refractivity contribution in [3.05, 3.63) is 56.5 Å². The summed E-state index contributed by atoms with van der Waals surface area (Å²) < 4.78 is 11.1. The first kappa shape index (κ1) is 20.6. The summed E-state index contributed by atoms with van der Waals surface area (Å²) in [5.74, 6) is -0.0365. The summed E-state index contributed by atoms with van der Waals surface area (Å²) in [4.78, 5) is 10.9. The SMILES string of the molecule is COc1cc(CNC(C)C(=O)O)c(Cl)cc1OCc1c(Cl)cccc1Cl. The van der Waals surface area contributed by atoms with Gasteiger partial charge in [0, 0.05) is 33.2 Å². The molecule has 0 heterocycles. The highest BCUT2D eigenvalue weighted by Gasteiger charge is 2.15. The Morgan fingerprint density at radius 3 is 2.38 bits per heavy atom. The van der Waals surface area contributed by atoms with Gasteiger partial charge in [-0.2, -0.15) is 0 Å². The van der Waals surface area contributed by atoms with Gasteiger partial charge in [0.15, 0.2) is 11.5 Å². The van der Waals surface area contributed by atoms with Crippen LogP contribution < -0.4 is 14.8 Å². The summed E-state index contributed by atoms with van der Waals surface area (Å²) in [5, 5.41) is 13.2. The lowest BCUT2D eigenvalue weighted by Gasteiger charge is -2.16. The van der Waals surface area contributed by atoms with E-state index >= 15 is 0 Å². The summed E-state index contributed by atoms with van der Waals surface area (Å²) >= 11 is 18.6. The van der Waals surface area contributed by atoms with Gasteiger partial charge in [0.2, 0.25) is 0 Å². The summed E-state index contributed by atoms with van der Waals surface area (Å²) in [6.45, 7) is 1.98. The molecule has 0 saturated heterocycles. The first-order chi connectivity index (χ1) is 12.3. The Labute approximate surface area is 166 Å². The van der Waals surface area contributed by atoms with Crippen LogP contribution in [0.4, 0.5) is 0 Å². The van der Waals surface area contributed by atoms with E-state index in [2.05, 4.69) is 5.32 Å². The number of methoxy groups -OCH3 is 1. The van der Waals surface area contributed by atoms with E-state index in [-0.39, 0.29) is 13.2 Å². The van der Waals surface area contributed by atoms with Crippen LogP contribution in [0.15, 0.2) is 30.3 Å². The van der Waals surface area contributed by atoms with Gasteiger partial charge in [-0.3, -0.25) is 4.79 Å². The number of rotatable bonds is 8. The maximum atomic E-state index is 10.9. The minimum absolute atomic E-state index is 0.152. The lowest BCUT2D eigenvalue weighted by molar-refractivity contribution is -0.139. The topological polar surface area (TPSA) is 67.8 Å². The Bertz CT molecular complexity index is 778. The van der Waals surface area contributed by atoms with E-state index < -0.39 is 12.0 Å². The zero-order chi connectivity index (χ0) is 19.3. The molecule has 8 heteroatoms. The second-order valence-corrected chi connectivity index (χ2v) is 6.75. The van der Waals surface area contributed by atoms with Crippen LogP contribution in [0.1, 0.15) is 18.1 Å². The fourth-order valence-electron chi connectivity index (χ4n) is 2.16. The lowest BCUT2D eigenvalue weighted by Crippen LogP contribution is -2.33. The van der Waals surface area contributed by atoms with E-state index in [0.717, 1.165) is 0 Å². The Morgan fingerprint density at radius 1 is 1.15 bits per heavy atom. The molecular weight excluding hydrogens is 401 g/mol. The second-order valence-electron chi connectivity index (χ2n) is 5.52. The number of carboxylic acid groups (broad SMARTS) is 1. The molecule has 0 fully saturated rings. The Morgan fingerprint density at radius 2 is 1.81 bits per heavy atom. The molecule has 0 spiro atoms. The summed E-state index contributed by atoms with van der Waals surface area (Å²) in [5.41, 5.74) is 1.36. The van der Waals surface area contributed by atoms with Crippen molar-refractivity contribution in [3.63, 3.8) is 0 Å². The number of halogens is 3. The molecule has 140 valence electrons. The molecule has 2 N–H and O–H groups in total. The highest BCUT2D eigenvalue weighted by Crippen LogP contribution is 2.35. The minimum Gasteiger partial charge on any atom is -0.493 e. The third kappa shape index (κ3) is 5.17. The predicted molar refractivity (Wildman–Crippen MR) is 103 cm³/mol. The number of hydrogen-bond donors (Lipinski definition) is 2. The van der Waals surface area contributed by atoms with Crippen molar-refractivity contribution in [3.8, 4) is 11.5 Å². The number of benzene rings is 2. The number of carbonyl (C=O) groups is 1. The largest absolute Gasteiger partial charge is 0.493 e. The van der Waals surface area contributed by atoms with E-state index in [1.54, 1.807) is 37.3 Å². The number of carboxylic acids is 1. The van der Waals surface area contributed by atoms with Crippen LogP contribution in [0.2, 0.25) is 15.1 Å².